The number of hydrogen-bond acceptors (Lipinski definition) is 3. The van der Waals surface area contributed by atoms with Crippen molar-refractivity contribution in [2.45, 2.75) is 44.6 Å². The van der Waals surface area contributed by atoms with Crippen LogP contribution in [0.15, 0.2) is 0 Å². The van der Waals surface area contributed by atoms with Gasteiger partial charge in [0.1, 0.15) is 0 Å². The molecule has 1 N–H and O–H groups in total. The first-order chi connectivity index (χ1) is 7.75. The lowest BCUT2D eigenvalue weighted by Gasteiger charge is -2.26. The first kappa shape index (κ1) is 9.81. The Morgan fingerprint density at radius 2 is 2.12 bits per heavy atom. The molecule has 0 unspecified atom stereocenters. The second-order valence-corrected chi connectivity index (χ2v) is 4.88. The fourth-order valence-corrected chi connectivity index (χ4v) is 2.24. The van der Waals surface area contributed by atoms with Crippen LogP contribution >= 0.6 is 0 Å². The molecule has 2 aliphatic rings. The number of carboxylic acid groups (broad SMARTS) is 1. The molecule has 1 heterocycles. The van der Waals surface area contributed by atoms with Gasteiger partial charge >= 0.3 is 5.97 Å². The van der Waals surface area contributed by atoms with Crippen molar-refractivity contribution < 1.29 is 9.90 Å². The molecule has 0 aromatic carbocycles. The number of rotatable bonds is 4. The van der Waals surface area contributed by atoms with E-state index in [2.05, 4.69) is 10.3 Å². The first-order valence-electron chi connectivity index (χ1n) is 5.92. The van der Waals surface area contributed by atoms with Crippen molar-refractivity contribution in [1.29, 1.82) is 0 Å². The lowest BCUT2D eigenvalue weighted by molar-refractivity contribution is 0.0687. The highest BCUT2D eigenvalue weighted by Crippen LogP contribution is 2.39. The fraction of sp³-hybridized carbons (Fsp3) is 0.727. The smallest absolute Gasteiger partial charge is 0.358 e. The third-order valence-corrected chi connectivity index (χ3v) is 3.60. The lowest BCUT2D eigenvalue weighted by Crippen LogP contribution is -2.18. The van der Waals surface area contributed by atoms with Crippen molar-refractivity contribution in [2.75, 3.05) is 0 Å². The maximum absolute atomic E-state index is 11.1. The lowest BCUT2D eigenvalue weighted by atomic mass is 9.82. The van der Waals surface area contributed by atoms with Crippen LogP contribution in [0.2, 0.25) is 0 Å². The van der Waals surface area contributed by atoms with Crippen LogP contribution in [0.1, 0.15) is 54.2 Å². The Morgan fingerprint density at radius 3 is 2.62 bits per heavy atom. The number of carboxylic acids is 1. The van der Waals surface area contributed by atoms with Gasteiger partial charge in [-0.25, -0.2) is 9.48 Å². The van der Waals surface area contributed by atoms with Crippen molar-refractivity contribution >= 4 is 5.97 Å². The minimum atomic E-state index is -0.941. The summed E-state index contributed by atoms with van der Waals surface area (Å²) in [6.45, 7) is 0.853. The van der Waals surface area contributed by atoms with Crippen LogP contribution < -0.4 is 0 Å². The average Bonchev–Trinajstić information content (AvgIpc) is 2.86. The molecule has 0 saturated heterocycles. The summed E-state index contributed by atoms with van der Waals surface area (Å²) >= 11 is 0. The van der Waals surface area contributed by atoms with E-state index in [9.17, 15) is 4.79 Å². The SMILES string of the molecule is O=C(O)c1nnn(CC2CC2)c1C1CCC1. The second kappa shape index (κ2) is 3.57. The summed E-state index contributed by atoms with van der Waals surface area (Å²) in [4.78, 5) is 11.1. The molecule has 0 bridgehead atoms. The van der Waals surface area contributed by atoms with Gasteiger partial charge in [-0.3, -0.25) is 0 Å². The zero-order valence-corrected chi connectivity index (χ0v) is 9.09. The highest BCUT2D eigenvalue weighted by atomic mass is 16.4. The first-order valence-corrected chi connectivity index (χ1v) is 5.92. The molecule has 0 amide bonds. The highest BCUT2D eigenvalue weighted by Gasteiger charge is 2.32. The van der Waals surface area contributed by atoms with E-state index in [1.54, 1.807) is 0 Å². The van der Waals surface area contributed by atoms with Crippen molar-refractivity contribution in [1.82, 2.24) is 15.0 Å². The number of carbonyl (C=O) groups is 1. The summed E-state index contributed by atoms with van der Waals surface area (Å²) in [7, 11) is 0. The molecule has 5 heteroatoms. The van der Waals surface area contributed by atoms with Crippen LogP contribution in [0, 0.1) is 5.92 Å². The van der Waals surface area contributed by atoms with Crippen molar-refractivity contribution in [3.63, 3.8) is 0 Å². The van der Waals surface area contributed by atoms with E-state index in [4.69, 9.17) is 5.11 Å². The Morgan fingerprint density at radius 1 is 1.38 bits per heavy atom. The fourth-order valence-electron chi connectivity index (χ4n) is 2.24. The molecule has 2 saturated carbocycles. The van der Waals surface area contributed by atoms with Gasteiger partial charge < -0.3 is 5.11 Å². The molecule has 0 radical (unpaired) electrons. The van der Waals surface area contributed by atoms with Gasteiger partial charge in [0.25, 0.3) is 0 Å². The van der Waals surface area contributed by atoms with Gasteiger partial charge in [0, 0.05) is 12.5 Å². The monoisotopic (exact) mass is 221 g/mol. The average molecular weight is 221 g/mol. The van der Waals surface area contributed by atoms with E-state index >= 15 is 0 Å². The minimum Gasteiger partial charge on any atom is -0.476 e. The van der Waals surface area contributed by atoms with E-state index in [1.807, 2.05) is 4.68 Å². The van der Waals surface area contributed by atoms with E-state index in [-0.39, 0.29) is 5.69 Å². The summed E-state index contributed by atoms with van der Waals surface area (Å²) in [6.07, 6.45) is 5.84. The van der Waals surface area contributed by atoms with Crippen LogP contribution in [0.5, 0.6) is 0 Å². The molecule has 2 fully saturated rings. The highest BCUT2D eigenvalue weighted by molar-refractivity contribution is 5.86. The van der Waals surface area contributed by atoms with Crippen LogP contribution in [-0.4, -0.2) is 26.1 Å². The maximum Gasteiger partial charge on any atom is 0.358 e. The van der Waals surface area contributed by atoms with E-state index in [0.717, 1.165) is 25.1 Å². The van der Waals surface area contributed by atoms with Crippen molar-refractivity contribution in [2.24, 2.45) is 5.92 Å². The summed E-state index contributed by atoms with van der Waals surface area (Å²) in [5.74, 6) is 0.131. The predicted octanol–water partition coefficient (Wildman–Crippen LogP) is 1.65. The van der Waals surface area contributed by atoms with Gasteiger partial charge in [0.2, 0.25) is 0 Å². The second-order valence-electron chi connectivity index (χ2n) is 4.88. The minimum absolute atomic E-state index is 0.172. The Labute approximate surface area is 93.5 Å². The Kier molecular flexibility index (Phi) is 2.19. The zero-order valence-electron chi connectivity index (χ0n) is 9.09. The van der Waals surface area contributed by atoms with Crippen molar-refractivity contribution in [3.05, 3.63) is 11.4 Å². The Bertz CT molecular complexity index is 419. The third-order valence-electron chi connectivity index (χ3n) is 3.60. The van der Waals surface area contributed by atoms with Gasteiger partial charge in [0.05, 0.1) is 5.69 Å². The Balaban J connectivity index is 1.92. The van der Waals surface area contributed by atoms with Gasteiger partial charge in [-0.05, 0) is 31.6 Å². The van der Waals surface area contributed by atoms with Gasteiger partial charge in [-0.1, -0.05) is 11.6 Å². The number of aromatic carboxylic acids is 1. The van der Waals surface area contributed by atoms with Gasteiger partial charge in [0.15, 0.2) is 5.69 Å². The van der Waals surface area contributed by atoms with E-state index < -0.39 is 5.97 Å². The number of hydrogen-bond donors (Lipinski definition) is 1. The van der Waals surface area contributed by atoms with Gasteiger partial charge in [-0.2, -0.15) is 0 Å². The molecule has 5 nitrogen and oxygen atoms in total. The Hall–Kier alpha value is -1.39. The van der Waals surface area contributed by atoms with Crippen LogP contribution in [0.3, 0.4) is 0 Å². The topological polar surface area (TPSA) is 68.0 Å². The van der Waals surface area contributed by atoms with Crippen LogP contribution in [0.4, 0.5) is 0 Å². The molecule has 16 heavy (non-hydrogen) atoms. The summed E-state index contributed by atoms with van der Waals surface area (Å²) in [6, 6.07) is 0. The maximum atomic E-state index is 11.1. The molecule has 1 aromatic rings. The molecule has 0 atom stereocenters. The molecule has 1 aromatic heterocycles. The summed E-state index contributed by atoms with van der Waals surface area (Å²) in [5.41, 5.74) is 1.04. The summed E-state index contributed by atoms with van der Waals surface area (Å²) in [5, 5.41) is 16.9. The molecule has 0 spiro atoms. The normalized spacial score (nSPS) is 20.8. The quantitative estimate of drug-likeness (QED) is 0.839. The molecule has 2 aliphatic carbocycles. The van der Waals surface area contributed by atoms with Crippen LogP contribution in [-0.2, 0) is 6.54 Å². The molecule has 86 valence electrons. The number of nitrogens with zero attached hydrogens (tertiary/aromatic N) is 3. The van der Waals surface area contributed by atoms with E-state index in [1.165, 1.54) is 19.3 Å². The third kappa shape index (κ3) is 1.60. The molecular formula is C11H15N3O2. The largest absolute Gasteiger partial charge is 0.476 e. The number of aromatic nitrogens is 3. The summed E-state index contributed by atoms with van der Waals surface area (Å²) < 4.78 is 1.84. The molecule has 0 aliphatic heterocycles. The zero-order chi connectivity index (χ0) is 11.1. The van der Waals surface area contributed by atoms with Crippen molar-refractivity contribution in [3.8, 4) is 0 Å². The predicted molar refractivity (Wildman–Crippen MR) is 56.3 cm³/mol. The standard InChI is InChI=1S/C11H15N3O2/c15-11(16)9-10(8-2-1-3-8)14(13-12-9)6-7-4-5-7/h7-8H,1-6H2,(H,15,16). The van der Waals surface area contributed by atoms with Crippen LogP contribution in [0.25, 0.3) is 0 Å². The molecule has 3 rings (SSSR count). The molecular weight excluding hydrogens is 206 g/mol. The van der Waals surface area contributed by atoms with Gasteiger partial charge in [-0.15, -0.1) is 5.10 Å². The van der Waals surface area contributed by atoms with E-state index in [0.29, 0.717) is 11.8 Å².